The Bertz CT molecular complexity index is 1240. The zero-order valence-corrected chi connectivity index (χ0v) is 21.0. The molecular weight excluding hydrogens is 474 g/mol. The summed E-state index contributed by atoms with van der Waals surface area (Å²) in [5.41, 5.74) is 6.85. The predicted molar refractivity (Wildman–Crippen MR) is 139 cm³/mol. The molecule has 5 rings (SSSR count). The summed E-state index contributed by atoms with van der Waals surface area (Å²) in [5.74, 6) is -0.936. The number of hydrogen-bond acceptors (Lipinski definition) is 6. The molecule has 2 aromatic carbocycles. The van der Waals surface area contributed by atoms with Gasteiger partial charge in [-0.15, -0.1) is 0 Å². The molecule has 3 amide bonds. The molecule has 36 heavy (non-hydrogen) atoms. The molecule has 2 aliphatic rings. The first-order valence-corrected chi connectivity index (χ1v) is 13.3. The van der Waals surface area contributed by atoms with Gasteiger partial charge in [0.2, 0.25) is 11.8 Å². The van der Waals surface area contributed by atoms with E-state index < -0.39 is 11.9 Å². The van der Waals surface area contributed by atoms with E-state index >= 15 is 0 Å². The van der Waals surface area contributed by atoms with Gasteiger partial charge in [-0.25, -0.2) is 0 Å². The van der Waals surface area contributed by atoms with Gasteiger partial charge in [0.1, 0.15) is 11.7 Å². The Morgan fingerprint density at radius 3 is 2.39 bits per heavy atom. The van der Waals surface area contributed by atoms with Gasteiger partial charge in [0.25, 0.3) is 5.91 Å². The van der Waals surface area contributed by atoms with Crippen molar-refractivity contribution in [3.05, 3.63) is 65.9 Å². The second-order valence-electron chi connectivity index (χ2n) is 9.57. The molecule has 1 aliphatic carbocycles. The van der Waals surface area contributed by atoms with Crippen LogP contribution in [0.3, 0.4) is 0 Å². The average Bonchev–Trinajstić information content (AvgIpc) is 3.36. The number of benzene rings is 2. The van der Waals surface area contributed by atoms with Crippen molar-refractivity contribution in [2.45, 2.75) is 37.8 Å². The number of carbonyl (C=O) groups is 3. The van der Waals surface area contributed by atoms with E-state index in [0.717, 1.165) is 35.8 Å². The van der Waals surface area contributed by atoms with Crippen LogP contribution in [0.2, 0.25) is 0 Å². The summed E-state index contributed by atoms with van der Waals surface area (Å²) in [6, 6.07) is 16.2. The Morgan fingerprint density at radius 2 is 1.64 bits per heavy atom. The number of aromatic nitrogens is 1. The molecule has 3 atom stereocenters. The Kier molecular flexibility index (Phi) is 7.29. The molecule has 2 fully saturated rings. The zero-order valence-electron chi connectivity index (χ0n) is 20.1. The number of hydrogen-bond donors (Lipinski definition) is 2. The van der Waals surface area contributed by atoms with E-state index in [-0.39, 0.29) is 23.8 Å². The van der Waals surface area contributed by atoms with Gasteiger partial charge in [0.05, 0.1) is 10.6 Å². The van der Waals surface area contributed by atoms with Crippen molar-refractivity contribution in [1.29, 1.82) is 0 Å². The zero-order chi connectivity index (χ0) is 25.1. The molecule has 1 saturated carbocycles. The van der Waals surface area contributed by atoms with Crippen LogP contribution in [0.1, 0.15) is 47.8 Å². The van der Waals surface area contributed by atoms with Crippen LogP contribution in [0.4, 0.5) is 0 Å². The van der Waals surface area contributed by atoms with E-state index in [1.165, 1.54) is 11.5 Å². The van der Waals surface area contributed by atoms with Crippen molar-refractivity contribution in [3.8, 4) is 0 Å². The molecule has 3 aromatic rings. The highest BCUT2D eigenvalue weighted by Crippen LogP contribution is 2.31. The molecule has 188 valence electrons. The summed E-state index contributed by atoms with van der Waals surface area (Å²) in [5, 5.41) is 3.83. The number of nitrogens with zero attached hydrogens (tertiary/aromatic N) is 3. The predicted octanol–water partition coefficient (Wildman–Crippen LogP) is 2.96. The van der Waals surface area contributed by atoms with Gasteiger partial charge in [-0.05, 0) is 36.0 Å². The van der Waals surface area contributed by atoms with Crippen LogP contribution in [-0.2, 0) is 9.59 Å². The first-order valence-electron chi connectivity index (χ1n) is 12.6. The lowest BCUT2D eigenvalue weighted by atomic mass is 9.82. The Hall–Kier alpha value is -3.30. The van der Waals surface area contributed by atoms with Gasteiger partial charge in [-0.1, -0.05) is 61.4 Å². The lowest BCUT2D eigenvalue weighted by Gasteiger charge is -2.43. The Labute approximate surface area is 214 Å². The Balaban J connectivity index is 1.24. The second kappa shape index (κ2) is 10.8. The normalized spacial score (nSPS) is 21.7. The topological polar surface area (TPSA) is 109 Å². The highest BCUT2D eigenvalue weighted by atomic mass is 32.1. The van der Waals surface area contributed by atoms with E-state index in [1.54, 1.807) is 12.1 Å². The molecule has 0 unspecified atom stereocenters. The minimum absolute atomic E-state index is 0.0304. The lowest BCUT2D eigenvalue weighted by molar-refractivity contribution is -0.133. The molecule has 9 heteroatoms. The summed E-state index contributed by atoms with van der Waals surface area (Å²) >= 11 is 1.35. The summed E-state index contributed by atoms with van der Waals surface area (Å²) in [6.07, 6.45) is 3.75. The minimum atomic E-state index is -0.844. The van der Waals surface area contributed by atoms with Gasteiger partial charge in [0, 0.05) is 37.6 Å². The number of carbonyl (C=O) groups excluding carboxylic acids is 3. The van der Waals surface area contributed by atoms with E-state index in [4.69, 9.17) is 5.73 Å². The molecule has 1 aliphatic heterocycles. The maximum atomic E-state index is 13.4. The third-order valence-corrected chi connectivity index (χ3v) is 8.25. The summed E-state index contributed by atoms with van der Waals surface area (Å²) in [7, 11) is 0. The standard InChI is InChI=1S/C27H31N5O3S/c28-25(33)23(18-8-2-1-3-9-18)29-26(34)19-10-4-6-12-21(19)31-14-16-32(17-15-31)27(35)24-20-11-5-7-13-22(20)36-30-24/h1-3,5,7-9,11,13,19,21,23H,4,6,10,12,14-17H2,(H2,28,33)(H,29,34)/t19-,21-,23+/m1/s1. The number of fused-ring (bicyclic) bond motifs is 1. The fourth-order valence-corrected chi connectivity index (χ4v) is 6.28. The molecular formula is C27H31N5O3S. The summed E-state index contributed by atoms with van der Waals surface area (Å²) in [6.45, 7) is 2.62. The molecule has 0 radical (unpaired) electrons. The maximum absolute atomic E-state index is 13.4. The fraction of sp³-hybridized carbons (Fsp3) is 0.407. The van der Waals surface area contributed by atoms with Crippen LogP contribution in [0, 0.1) is 5.92 Å². The van der Waals surface area contributed by atoms with Gasteiger partial charge in [-0.3, -0.25) is 19.3 Å². The van der Waals surface area contributed by atoms with Crippen LogP contribution in [0.5, 0.6) is 0 Å². The quantitative estimate of drug-likeness (QED) is 0.536. The number of amides is 3. The van der Waals surface area contributed by atoms with E-state index in [1.807, 2.05) is 47.4 Å². The second-order valence-corrected chi connectivity index (χ2v) is 10.4. The lowest BCUT2D eigenvalue weighted by Crippen LogP contribution is -2.56. The van der Waals surface area contributed by atoms with Gasteiger partial charge in [0.15, 0.2) is 0 Å². The van der Waals surface area contributed by atoms with Crippen LogP contribution in [0.25, 0.3) is 10.1 Å². The van der Waals surface area contributed by atoms with Crippen LogP contribution >= 0.6 is 11.5 Å². The van der Waals surface area contributed by atoms with Crippen LogP contribution < -0.4 is 11.1 Å². The van der Waals surface area contributed by atoms with Crippen molar-refractivity contribution in [1.82, 2.24) is 19.5 Å². The molecule has 8 nitrogen and oxygen atoms in total. The van der Waals surface area contributed by atoms with Crippen molar-refractivity contribution in [2.24, 2.45) is 11.7 Å². The van der Waals surface area contributed by atoms with Crippen molar-refractivity contribution in [3.63, 3.8) is 0 Å². The van der Waals surface area contributed by atoms with Crippen LogP contribution in [-0.4, -0.2) is 64.1 Å². The Morgan fingerprint density at radius 1 is 0.944 bits per heavy atom. The third-order valence-electron chi connectivity index (χ3n) is 7.42. The minimum Gasteiger partial charge on any atom is -0.368 e. The van der Waals surface area contributed by atoms with Crippen molar-refractivity contribution < 1.29 is 14.4 Å². The number of primary amides is 1. The highest BCUT2D eigenvalue weighted by Gasteiger charge is 2.38. The SMILES string of the molecule is NC(=O)[C@@H](NC(=O)[C@@H]1CCCC[C@H]1N1CCN(C(=O)c2nsc3ccccc23)CC1)c1ccccc1. The van der Waals surface area contributed by atoms with Gasteiger partial charge >= 0.3 is 0 Å². The van der Waals surface area contributed by atoms with E-state index in [9.17, 15) is 14.4 Å². The molecule has 0 bridgehead atoms. The van der Waals surface area contributed by atoms with E-state index in [2.05, 4.69) is 14.6 Å². The molecule has 1 saturated heterocycles. The molecule has 0 spiro atoms. The van der Waals surface area contributed by atoms with Gasteiger partial charge in [-0.2, -0.15) is 4.37 Å². The summed E-state index contributed by atoms with van der Waals surface area (Å²) < 4.78 is 5.44. The number of nitrogens with one attached hydrogen (secondary N) is 1. The molecule has 2 heterocycles. The first-order chi connectivity index (χ1) is 17.5. The fourth-order valence-electron chi connectivity index (χ4n) is 5.51. The molecule has 1 aromatic heterocycles. The van der Waals surface area contributed by atoms with Gasteiger partial charge < -0.3 is 16.0 Å². The third kappa shape index (κ3) is 4.99. The van der Waals surface area contributed by atoms with Crippen molar-refractivity contribution >= 4 is 39.3 Å². The smallest absolute Gasteiger partial charge is 0.274 e. The number of nitrogens with two attached hydrogens (primary N) is 1. The first kappa shape index (κ1) is 24.4. The number of rotatable bonds is 6. The average molecular weight is 506 g/mol. The van der Waals surface area contributed by atoms with Crippen molar-refractivity contribution in [2.75, 3.05) is 26.2 Å². The molecule has 3 N–H and O–H groups in total. The van der Waals surface area contributed by atoms with E-state index in [0.29, 0.717) is 37.4 Å². The largest absolute Gasteiger partial charge is 0.368 e. The monoisotopic (exact) mass is 505 g/mol. The van der Waals surface area contributed by atoms with Crippen LogP contribution in [0.15, 0.2) is 54.6 Å². The maximum Gasteiger partial charge on any atom is 0.274 e. The number of piperazine rings is 1. The summed E-state index contributed by atoms with van der Waals surface area (Å²) in [4.78, 5) is 42.9. The highest BCUT2D eigenvalue weighted by molar-refractivity contribution is 7.13.